The maximum absolute atomic E-state index is 12.3. The van der Waals surface area contributed by atoms with Gasteiger partial charge in [0, 0.05) is 12.4 Å². The number of nitrogens with one attached hydrogen (secondary N) is 1. The largest absolute Gasteiger partial charge is 0.345 e. The molecule has 0 radical (unpaired) electrons. The van der Waals surface area contributed by atoms with Crippen LogP contribution in [-0.4, -0.2) is 30.7 Å². The van der Waals surface area contributed by atoms with Crippen molar-refractivity contribution in [3.63, 3.8) is 0 Å². The van der Waals surface area contributed by atoms with Crippen molar-refractivity contribution in [1.29, 1.82) is 0 Å². The molecule has 120 valence electrons. The Kier molecular flexibility index (Phi) is 4.07. The molecule has 1 N–H and O–H groups in total. The third kappa shape index (κ3) is 2.87. The summed E-state index contributed by atoms with van der Waals surface area (Å²) in [4.78, 5) is 24.4. The van der Waals surface area contributed by atoms with Crippen molar-refractivity contribution in [2.45, 2.75) is 13.1 Å². The number of amides is 1. The van der Waals surface area contributed by atoms with Crippen LogP contribution in [0.4, 0.5) is 0 Å². The van der Waals surface area contributed by atoms with Gasteiger partial charge in [-0.1, -0.05) is 29.3 Å². The van der Waals surface area contributed by atoms with Crippen molar-refractivity contribution >= 4 is 16.7 Å². The highest BCUT2D eigenvalue weighted by Gasteiger charge is 2.13. The van der Waals surface area contributed by atoms with Crippen LogP contribution in [0.5, 0.6) is 0 Å². The molecule has 3 rings (SSSR count). The smallest absolute Gasteiger partial charge is 0.275 e. The third-order valence-corrected chi connectivity index (χ3v) is 3.44. The number of fused-ring (bicyclic) bond motifs is 1. The maximum Gasteiger partial charge on any atom is 0.275 e. The molecule has 0 fully saturated rings. The topological polar surface area (TPSA) is 94.7 Å². The fourth-order valence-corrected chi connectivity index (χ4v) is 2.34. The number of aromatic nitrogens is 5. The molecule has 3 aromatic rings. The Morgan fingerprint density at radius 1 is 1.33 bits per heavy atom. The van der Waals surface area contributed by atoms with E-state index in [0.29, 0.717) is 16.5 Å². The highest BCUT2D eigenvalue weighted by atomic mass is 16.2. The van der Waals surface area contributed by atoms with E-state index in [1.807, 2.05) is 6.07 Å². The molecule has 2 heterocycles. The minimum Gasteiger partial charge on any atom is -0.345 e. The van der Waals surface area contributed by atoms with E-state index < -0.39 is 0 Å². The summed E-state index contributed by atoms with van der Waals surface area (Å²) in [5.74, 6) is 2.03. The van der Waals surface area contributed by atoms with Crippen LogP contribution < -0.4 is 10.9 Å². The molecule has 0 spiro atoms. The molecule has 1 aromatic carbocycles. The van der Waals surface area contributed by atoms with Crippen LogP contribution in [0.2, 0.25) is 0 Å². The van der Waals surface area contributed by atoms with Gasteiger partial charge in [0.1, 0.15) is 6.54 Å². The zero-order valence-corrected chi connectivity index (χ0v) is 12.9. The molecule has 8 heteroatoms. The van der Waals surface area contributed by atoms with E-state index in [4.69, 9.17) is 6.42 Å². The Bertz CT molecular complexity index is 1010. The molecule has 0 saturated carbocycles. The molecular weight excluding hydrogens is 308 g/mol. The molecule has 2 aromatic heterocycles. The van der Waals surface area contributed by atoms with Crippen molar-refractivity contribution in [2.75, 3.05) is 0 Å². The summed E-state index contributed by atoms with van der Waals surface area (Å²) >= 11 is 0. The summed E-state index contributed by atoms with van der Waals surface area (Å²) in [6, 6.07) is 7.07. The molecule has 8 nitrogen and oxygen atoms in total. The standard InChI is InChI=1S/C16H14N6O2/c1-3-8-22-16(24)12-7-5-4-6-11(12)13(19-22)9-17-15(23)14-10-21(2)20-18-14/h1,4-7,10H,8-9H2,2H3,(H,17,23). The molecule has 0 saturated heterocycles. The quantitative estimate of drug-likeness (QED) is 0.687. The van der Waals surface area contributed by atoms with E-state index in [1.54, 1.807) is 25.2 Å². The minimum atomic E-state index is -0.372. The van der Waals surface area contributed by atoms with Crippen LogP contribution in [0.25, 0.3) is 10.8 Å². The Morgan fingerprint density at radius 2 is 2.08 bits per heavy atom. The maximum atomic E-state index is 12.3. The summed E-state index contributed by atoms with van der Waals surface area (Å²) in [6.07, 6.45) is 6.80. The predicted molar refractivity (Wildman–Crippen MR) is 87.0 cm³/mol. The number of nitrogens with zero attached hydrogens (tertiary/aromatic N) is 5. The van der Waals surface area contributed by atoms with Crippen molar-refractivity contribution in [2.24, 2.45) is 7.05 Å². The van der Waals surface area contributed by atoms with Gasteiger partial charge in [0.15, 0.2) is 5.69 Å². The number of aryl methyl sites for hydroxylation is 1. The molecule has 0 aliphatic rings. The Labute approximate surface area is 137 Å². The zero-order valence-electron chi connectivity index (χ0n) is 12.9. The number of rotatable bonds is 4. The van der Waals surface area contributed by atoms with Crippen molar-refractivity contribution in [3.05, 3.63) is 52.2 Å². The number of hydrogen-bond donors (Lipinski definition) is 1. The molecular formula is C16H14N6O2. The van der Waals surface area contributed by atoms with E-state index in [2.05, 4.69) is 26.6 Å². The lowest BCUT2D eigenvalue weighted by Gasteiger charge is -2.09. The number of carbonyl (C=O) groups is 1. The van der Waals surface area contributed by atoms with Crippen LogP contribution in [-0.2, 0) is 20.1 Å². The van der Waals surface area contributed by atoms with Gasteiger partial charge in [-0.15, -0.1) is 11.5 Å². The molecule has 0 unspecified atom stereocenters. The van der Waals surface area contributed by atoms with Gasteiger partial charge >= 0.3 is 0 Å². The van der Waals surface area contributed by atoms with Gasteiger partial charge in [-0.25, -0.2) is 4.68 Å². The van der Waals surface area contributed by atoms with E-state index in [1.165, 1.54) is 15.6 Å². The van der Waals surface area contributed by atoms with Gasteiger partial charge in [0.05, 0.1) is 23.8 Å². The zero-order chi connectivity index (χ0) is 17.1. The fraction of sp³-hybridized carbons (Fsp3) is 0.188. The SMILES string of the molecule is C#CCn1nc(CNC(=O)c2cn(C)nn2)c2ccccc2c1=O. The molecule has 24 heavy (non-hydrogen) atoms. The highest BCUT2D eigenvalue weighted by Crippen LogP contribution is 2.13. The van der Waals surface area contributed by atoms with E-state index in [-0.39, 0.29) is 30.2 Å². The van der Waals surface area contributed by atoms with Gasteiger partial charge in [0.2, 0.25) is 0 Å². The Morgan fingerprint density at radius 3 is 2.75 bits per heavy atom. The summed E-state index contributed by atoms with van der Waals surface area (Å²) in [6.45, 7) is 0.204. The Hall–Kier alpha value is -3.47. The second-order valence-electron chi connectivity index (χ2n) is 5.12. The van der Waals surface area contributed by atoms with Crippen LogP contribution in [0.15, 0.2) is 35.3 Å². The summed E-state index contributed by atoms with van der Waals surface area (Å²) in [5.41, 5.74) is 0.504. The molecule has 0 aliphatic carbocycles. The second-order valence-corrected chi connectivity index (χ2v) is 5.12. The summed E-state index contributed by atoms with van der Waals surface area (Å²) in [7, 11) is 1.68. The third-order valence-electron chi connectivity index (χ3n) is 3.44. The summed E-state index contributed by atoms with van der Waals surface area (Å²) < 4.78 is 2.65. The van der Waals surface area contributed by atoms with Gasteiger partial charge in [-0.3, -0.25) is 14.3 Å². The lowest BCUT2D eigenvalue weighted by atomic mass is 10.1. The average Bonchev–Trinajstić information content (AvgIpc) is 3.03. The monoisotopic (exact) mass is 322 g/mol. The predicted octanol–water partition coefficient (Wildman–Crippen LogP) is 0.0882. The van der Waals surface area contributed by atoms with Crippen molar-refractivity contribution in [1.82, 2.24) is 30.1 Å². The van der Waals surface area contributed by atoms with Gasteiger partial charge in [0.25, 0.3) is 11.5 Å². The van der Waals surface area contributed by atoms with Crippen molar-refractivity contribution < 1.29 is 4.79 Å². The summed E-state index contributed by atoms with van der Waals surface area (Å²) in [5, 5.41) is 15.6. The molecule has 0 bridgehead atoms. The number of carbonyl (C=O) groups excluding carboxylic acids is 1. The first-order valence-electron chi connectivity index (χ1n) is 7.17. The van der Waals surface area contributed by atoms with Crippen molar-refractivity contribution in [3.8, 4) is 12.3 Å². The van der Waals surface area contributed by atoms with Gasteiger partial charge in [-0.2, -0.15) is 5.10 Å². The first-order valence-corrected chi connectivity index (χ1v) is 7.17. The van der Waals surface area contributed by atoms with E-state index in [0.717, 1.165) is 0 Å². The van der Waals surface area contributed by atoms with Crippen LogP contribution in [0.1, 0.15) is 16.2 Å². The average molecular weight is 322 g/mol. The number of benzene rings is 1. The lowest BCUT2D eigenvalue weighted by molar-refractivity contribution is 0.0945. The fourth-order valence-electron chi connectivity index (χ4n) is 2.34. The molecule has 1 amide bonds. The van der Waals surface area contributed by atoms with Crippen LogP contribution >= 0.6 is 0 Å². The van der Waals surface area contributed by atoms with Gasteiger partial charge < -0.3 is 5.32 Å². The second kappa shape index (κ2) is 6.34. The first kappa shape index (κ1) is 15.4. The van der Waals surface area contributed by atoms with Gasteiger partial charge in [-0.05, 0) is 6.07 Å². The van der Waals surface area contributed by atoms with E-state index in [9.17, 15) is 9.59 Å². The number of terminal acetylenes is 1. The number of hydrogen-bond acceptors (Lipinski definition) is 5. The molecule has 0 atom stereocenters. The first-order chi connectivity index (χ1) is 11.6. The highest BCUT2D eigenvalue weighted by molar-refractivity contribution is 5.92. The van der Waals surface area contributed by atoms with Crippen LogP contribution in [0.3, 0.4) is 0 Å². The Balaban J connectivity index is 1.94. The normalized spacial score (nSPS) is 10.5. The molecule has 0 aliphatic heterocycles. The lowest BCUT2D eigenvalue weighted by Crippen LogP contribution is -2.28. The van der Waals surface area contributed by atoms with Crippen LogP contribution in [0, 0.1) is 12.3 Å². The minimum absolute atomic E-state index is 0.0643. The van der Waals surface area contributed by atoms with E-state index >= 15 is 0 Å².